The van der Waals surface area contributed by atoms with Crippen molar-refractivity contribution in [3.63, 3.8) is 0 Å². The van der Waals surface area contributed by atoms with Crippen molar-refractivity contribution in [3.05, 3.63) is 59.7 Å². The van der Waals surface area contributed by atoms with E-state index in [9.17, 15) is 8.78 Å². The minimum Gasteiger partial charge on any atom is -0.207 e. The first kappa shape index (κ1) is 10.8. The summed E-state index contributed by atoms with van der Waals surface area (Å²) in [6.45, 7) is 2.02. The maximum atomic E-state index is 13.1. The van der Waals surface area contributed by atoms with Gasteiger partial charge in [-0.1, -0.05) is 31.2 Å². The Bertz CT molecular complexity index is 484. The van der Waals surface area contributed by atoms with Gasteiger partial charge >= 0.3 is 0 Å². The van der Waals surface area contributed by atoms with Crippen LogP contribution in [0.2, 0.25) is 0 Å². The first-order valence-electron chi connectivity index (χ1n) is 5.25. The van der Waals surface area contributed by atoms with E-state index in [0.29, 0.717) is 5.56 Å². The van der Waals surface area contributed by atoms with Gasteiger partial charge in [0, 0.05) is 6.07 Å². The lowest BCUT2D eigenvalue weighted by Crippen LogP contribution is -1.89. The van der Waals surface area contributed by atoms with Crippen LogP contribution in [0, 0.1) is 11.6 Å². The predicted octanol–water partition coefficient (Wildman–Crippen LogP) is 4.19. The van der Waals surface area contributed by atoms with Crippen LogP contribution in [0.1, 0.15) is 12.5 Å². The third-order valence-corrected chi connectivity index (χ3v) is 2.57. The molecule has 0 aliphatic rings. The predicted molar refractivity (Wildman–Crippen MR) is 61.2 cm³/mol. The normalized spacial score (nSPS) is 10.4. The lowest BCUT2D eigenvalue weighted by molar-refractivity contribution is 0.584. The van der Waals surface area contributed by atoms with Crippen LogP contribution in [-0.2, 0) is 6.42 Å². The van der Waals surface area contributed by atoms with Crippen LogP contribution in [0.25, 0.3) is 11.1 Å². The Morgan fingerprint density at radius 2 is 1.56 bits per heavy atom. The van der Waals surface area contributed by atoms with E-state index in [0.717, 1.165) is 23.6 Å². The molecule has 0 atom stereocenters. The molecule has 0 aliphatic carbocycles. The van der Waals surface area contributed by atoms with Gasteiger partial charge in [-0.3, -0.25) is 0 Å². The average molecular weight is 218 g/mol. The standard InChI is InChI=1S/C14H12F2/c1-2-10-5-3-4-6-14(10)11-7-12(15)9-13(16)8-11/h3-9H,2H2,1H3. The van der Waals surface area contributed by atoms with Gasteiger partial charge in [-0.05, 0) is 35.2 Å². The molecule has 0 saturated carbocycles. The topological polar surface area (TPSA) is 0 Å². The molecule has 0 aliphatic heterocycles. The highest BCUT2D eigenvalue weighted by molar-refractivity contribution is 5.67. The molecule has 0 spiro atoms. The molecule has 2 aromatic rings. The van der Waals surface area contributed by atoms with Crippen molar-refractivity contribution in [2.75, 3.05) is 0 Å². The van der Waals surface area contributed by atoms with E-state index in [1.807, 2.05) is 31.2 Å². The zero-order valence-electron chi connectivity index (χ0n) is 9.00. The number of halogens is 2. The van der Waals surface area contributed by atoms with E-state index in [1.54, 1.807) is 0 Å². The van der Waals surface area contributed by atoms with Crippen LogP contribution in [0.5, 0.6) is 0 Å². The van der Waals surface area contributed by atoms with Gasteiger partial charge in [-0.2, -0.15) is 0 Å². The summed E-state index contributed by atoms with van der Waals surface area (Å²) in [5, 5.41) is 0. The molecule has 2 rings (SSSR count). The van der Waals surface area contributed by atoms with E-state index in [1.165, 1.54) is 12.1 Å². The van der Waals surface area contributed by atoms with Crippen molar-refractivity contribution >= 4 is 0 Å². The zero-order valence-corrected chi connectivity index (χ0v) is 9.00. The Morgan fingerprint density at radius 3 is 2.19 bits per heavy atom. The van der Waals surface area contributed by atoms with E-state index in [4.69, 9.17) is 0 Å². The van der Waals surface area contributed by atoms with Gasteiger partial charge in [0.25, 0.3) is 0 Å². The van der Waals surface area contributed by atoms with E-state index in [-0.39, 0.29) is 0 Å². The molecular weight excluding hydrogens is 206 g/mol. The molecular formula is C14H12F2. The first-order chi connectivity index (χ1) is 7.70. The maximum absolute atomic E-state index is 13.1. The molecule has 0 heterocycles. The Morgan fingerprint density at radius 1 is 0.938 bits per heavy atom. The van der Waals surface area contributed by atoms with Crippen LogP contribution >= 0.6 is 0 Å². The van der Waals surface area contributed by atoms with Gasteiger partial charge in [-0.15, -0.1) is 0 Å². The second kappa shape index (κ2) is 4.44. The summed E-state index contributed by atoms with van der Waals surface area (Å²) in [5.41, 5.74) is 2.57. The summed E-state index contributed by atoms with van der Waals surface area (Å²) in [6.07, 6.45) is 0.842. The van der Waals surface area contributed by atoms with E-state index in [2.05, 4.69) is 0 Å². The summed E-state index contributed by atoms with van der Waals surface area (Å²) >= 11 is 0. The summed E-state index contributed by atoms with van der Waals surface area (Å²) < 4.78 is 26.2. The SMILES string of the molecule is CCc1ccccc1-c1cc(F)cc(F)c1. The highest BCUT2D eigenvalue weighted by Crippen LogP contribution is 2.25. The van der Waals surface area contributed by atoms with Gasteiger partial charge in [0.05, 0.1) is 0 Å². The van der Waals surface area contributed by atoms with Crippen molar-refractivity contribution in [1.29, 1.82) is 0 Å². The lowest BCUT2D eigenvalue weighted by atomic mass is 9.98. The van der Waals surface area contributed by atoms with Crippen LogP contribution in [0.4, 0.5) is 8.78 Å². The fraction of sp³-hybridized carbons (Fsp3) is 0.143. The molecule has 0 bridgehead atoms. The van der Waals surface area contributed by atoms with Gasteiger partial charge in [0.2, 0.25) is 0 Å². The van der Waals surface area contributed by atoms with E-state index < -0.39 is 11.6 Å². The maximum Gasteiger partial charge on any atom is 0.126 e. The van der Waals surface area contributed by atoms with Crippen LogP contribution in [-0.4, -0.2) is 0 Å². The van der Waals surface area contributed by atoms with Crippen LogP contribution in [0.15, 0.2) is 42.5 Å². The molecule has 0 N–H and O–H groups in total. The minimum atomic E-state index is -0.541. The molecule has 0 radical (unpaired) electrons. The monoisotopic (exact) mass is 218 g/mol. The van der Waals surface area contributed by atoms with E-state index >= 15 is 0 Å². The average Bonchev–Trinajstić information content (AvgIpc) is 2.27. The van der Waals surface area contributed by atoms with Gasteiger partial charge < -0.3 is 0 Å². The van der Waals surface area contributed by atoms with Crippen molar-refractivity contribution in [2.24, 2.45) is 0 Å². The third-order valence-electron chi connectivity index (χ3n) is 2.57. The Balaban J connectivity index is 2.58. The van der Waals surface area contributed by atoms with Crippen LogP contribution in [0.3, 0.4) is 0 Å². The number of hydrogen-bond donors (Lipinski definition) is 0. The smallest absolute Gasteiger partial charge is 0.126 e. The largest absolute Gasteiger partial charge is 0.207 e. The second-order valence-corrected chi connectivity index (χ2v) is 3.67. The summed E-state index contributed by atoms with van der Waals surface area (Å²) in [7, 11) is 0. The van der Waals surface area contributed by atoms with Crippen molar-refractivity contribution < 1.29 is 8.78 Å². The molecule has 2 heteroatoms. The number of aryl methyl sites for hydroxylation is 1. The van der Waals surface area contributed by atoms with Gasteiger partial charge in [-0.25, -0.2) is 8.78 Å². The highest BCUT2D eigenvalue weighted by Gasteiger charge is 2.06. The van der Waals surface area contributed by atoms with Crippen molar-refractivity contribution in [2.45, 2.75) is 13.3 Å². The van der Waals surface area contributed by atoms with Crippen LogP contribution < -0.4 is 0 Å². The fourth-order valence-electron chi connectivity index (χ4n) is 1.82. The van der Waals surface area contributed by atoms with Crippen molar-refractivity contribution in [3.8, 4) is 11.1 Å². The molecule has 0 amide bonds. The third kappa shape index (κ3) is 2.11. The number of rotatable bonds is 2. The molecule has 82 valence electrons. The Labute approximate surface area is 93.5 Å². The first-order valence-corrected chi connectivity index (χ1v) is 5.25. The Hall–Kier alpha value is -1.70. The molecule has 16 heavy (non-hydrogen) atoms. The van der Waals surface area contributed by atoms with Crippen molar-refractivity contribution in [1.82, 2.24) is 0 Å². The number of hydrogen-bond acceptors (Lipinski definition) is 0. The molecule has 0 saturated heterocycles. The second-order valence-electron chi connectivity index (χ2n) is 3.67. The number of benzene rings is 2. The van der Waals surface area contributed by atoms with Gasteiger partial charge in [0.15, 0.2) is 0 Å². The van der Waals surface area contributed by atoms with Gasteiger partial charge in [0.1, 0.15) is 11.6 Å². The summed E-state index contributed by atoms with van der Waals surface area (Å²) in [4.78, 5) is 0. The molecule has 0 unspecified atom stereocenters. The lowest BCUT2D eigenvalue weighted by Gasteiger charge is -2.08. The zero-order chi connectivity index (χ0) is 11.5. The fourth-order valence-corrected chi connectivity index (χ4v) is 1.82. The summed E-state index contributed by atoms with van der Waals surface area (Å²) in [6, 6.07) is 11.3. The Kier molecular flexibility index (Phi) is 3.00. The molecule has 0 fully saturated rings. The molecule has 0 aromatic heterocycles. The molecule has 0 nitrogen and oxygen atoms in total. The molecule has 2 aromatic carbocycles. The summed E-state index contributed by atoms with van der Waals surface area (Å²) in [5.74, 6) is -1.08. The quantitative estimate of drug-likeness (QED) is 0.708. The minimum absolute atomic E-state index is 0.541. The highest BCUT2D eigenvalue weighted by atomic mass is 19.1.